The van der Waals surface area contributed by atoms with Gasteiger partial charge < -0.3 is 9.74 Å². The summed E-state index contributed by atoms with van der Waals surface area (Å²) in [6, 6.07) is 11.3. The molecule has 7 heteroatoms. The van der Waals surface area contributed by atoms with Crippen molar-refractivity contribution in [3.63, 3.8) is 0 Å². The van der Waals surface area contributed by atoms with Crippen molar-refractivity contribution in [2.24, 2.45) is 5.16 Å². The molecule has 1 aliphatic rings. The highest BCUT2D eigenvalue weighted by Crippen LogP contribution is 2.26. The Morgan fingerprint density at radius 3 is 2.74 bits per heavy atom. The SMILES string of the molecule is CCCN(C[C@H]1CC(c2ccc(Cl)c(Cl)c2)=NO1)C(=O)c1ccccc1F. The lowest BCUT2D eigenvalue weighted by molar-refractivity contribution is 0.0421. The van der Waals surface area contributed by atoms with Crippen molar-refractivity contribution < 1.29 is 14.0 Å². The number of hydrogen-bond donors (Lipinski definition) is 0. The number of carbonyl (C=O) groups excluding carboxylic acids is 1. The van der Waals surface area contributed by atoms with Crippen molar-refractivity contribution in [2.45, 2.75) is 25.9 Å². The second-order valence-electron chi connectivity index (χ2n) is 6.33. The largest absolute Gasteiger partial charge is 0.390 e. The number of amides is 1. The van der Waals surface area contributed by atoms with Crippen LogP contribution in [-0.2, 0) is 4.84 Å². The van der Waals surface area contributed by atoms with Crippen molar-refractivity contribution in [3.8, 4) is 0 Å². The topological polar surface area (TPSA) is 41.9 Å². The van der Waals surface area contributed by atoms with Crippen LogP contribution in [0, 0.1) is 5.82 Å². The molecule has 27 heavy (non-hydrogen) atoms. The predicted octanol–water partition coefficient (Wildman–Crippen LogP) is 5.18. The molecule has 4 nitrogen and oxygen atoms in total. The number of oxime groups is 1. The van der Waals surface area contributed by atoms with Crippen molar-refractivity contribution in [1.29, 1.82) is 0 Å². The molecule has 0 aliphatic carbocycles. The average molecular weight is 409 g/mol. The molecule has 0 saturated heterocycles. The summed E-state index contributed by atoms with van der Waals surface area (Å²) in [5.74, 6) is -0.870. The summed E-state index contributed by atoms with van der Waals surface area (Å²) in [4.78, 5) is 19.9. The van der Waals surface area contributed by atoms with Crippen molar-refractivity contribution in [3.05, 3.63) is 69.5 Å². The van der Waals surface area contributed by atoms with Gasteiger partial charge in [-0.2, -0.15) is 0 Å². The van der Waals surface area contributed by atoms with Gasteiger partial charge in [0.2, 0.25) is 0 Å². The van der Waals surface area contributed by atoms with E-state index in [4.69, 9.17) is 28.0 Å². The van der Waals surface area contributed by atoms with Crippen molar-refractivity contribution in [2.75, 3.05) is 13.1 Å². The molecule has 0 N–H and O–H groups in total. The summed E-state index contributed by atoms with van der Waals surface area (Å²) in [7, 11) is 0. The van der Waals surface area contributed by atoms with E-state index in [1.165, 1.54) is 12.1 Å². The second kappa shape index (κ2) is 8.72. The summed E-state index contributed by atoms with van der Waals surface area (Å²) in [5.41, 5.74) is 1.64. The van der Waals surface area contributed by atoms with Gasteiger partial charge in [-0.05, 0) is 30.7 Å². The summed E-state index contributed by atoms with van der Waals surface area (Å²) >= 11 is 12.0. The van der Waals surface area contributed by atoms with Crippen molar-refractivity contribution >= 4 is 34.8 Å². The monoisotopic (exact) mass is 408 g/mol. The van der Waals surface area contributed by atoms with Gasteiger partial charge in [0.1, 0.15) is 5.82 Å². The van der Waals surface area contributed by atoms with Gasteiger partial charge >= 0.3 is 0 Å². The lowest BCUT2D eigenvalue weighted by Crippen LogP contribution is -2.38. The molecule has 1 amide bonds. The maximum absolute atomic E-state index is 14.0. The Kier molecular flexibility index (Phi) is 6.34. The first kappa shape index (κ1) is 19.6. The van der Waals surface area contributed by atoms with Gasteiger partial charge in [0, 0.05) is 18.5 Å². The molecule has 142 valence electrons. The number of nitrogens with zero attached hydrogens (tertiary/aromatic N) is 2. The van der Waals surface area contributed by atoms with Crippen LogP contribution in [0.5, 0.6) is 0 Å². The molecule has 0 bridgehead atoms. The molecule has 0 radical (unpaired) electrons. The number of hydrogen-bond acceptors (Lipinski definition) is 3. The zero-order valence-electron chi connectivity index (χ0n) is 14.8. The molecule has 0 unspecified atom stereocenters. The number of carbonyl (C=O) groups is 1. The van der Waals surface area contributed by atoms with Crippen LogP contribution in [0.3, 0.4) is 0 Å². The number of halogens is 3. The Morgan fingerprint density at radius 1 is 1.26 bits per heavy atom. The highest BCUT2D eigenvalue weighted by atomic mass is 35.5. The van der Waals surface area contributed by atoms with Crippen LogP contribution in [0.4, 0.5) is 4.39 Å². The number of benzene rings is 2. The van der Waals surface area contributed by atoms with E-state index in [1.54, 1.807) is 29.2 Å². The fraction of sp³-hybridized carbons (Fsp3) is 0.300. The lowest BCUT2D eigenvalue weighted by Gasteiger charge is -2.24. The van der Waals surface area contributed by atoms with E-state index in [2.05, 4.69) is 5.16 Å². The Balaban J connectivity index is 1.69. The normalized spacial score (nSPS) is 16.0. The van der Waals surface area contributed by atoms with Crippen LogP contribution in [-0.4, -0.2) is 35.7 Å². The minimum Gasteiger partial charge on any atom is -0.390 e. The summed E-state index contributed by atoms with van der Waals surface area (Å²) in [6.07, 6.45) is 0.993. The lowest BCUT2D eigenvalue weighted by atomic mass is 10.0. The maximum atomic E-state index is 14.0. The second-order valence-corrected chi connectivity index (χ2v) is 7.14. The van der Waals surface area contributed by atoms with Gasteiger partial charge in [0.25, 0.3) is 5.91 Å². The molecule has 1 heterocycles. The molecule has 0 aromatic heterocycles. The Morgan fingerprint density at radius 2 is 2.04 bits per heavy atom. The zero-order valence-corrected chi connectivity index (χ0v) is 16.3. The predicted molar refractivity (Wildman–Crippen MR) is 105 cm³/mol. The van der Waals surface area contributed by atoms with Gasteiger partial charge in [-0.1, -0.05) is 53.5 Å². The van der Waals surface area contributed by atoms with Crippen LogP contribution < -0.4 is 0 Å². The first-order valence-corrected chi connectivity index (χ1v) is 9.47. The van der Waals surface area contributed by atoms with E-state index in [0.717, 1.165) is 17.7 Å². The summed E-state index contributed by atoms with van der Waals surface area (Å²) in [6.45, 7) is 2.80. The maximum Gasteiger partial charge on any atom is 0.256 e. The molecule has 3 rings (SSSR count). The molecular weight excluding hydrogens is 390 g/mol. The van der Waals surface area contributed by atoms with Crippen LogP contribution in [0.1, 0.15) is 35.7 Å². The Labute approximate surface area is 167 Å². The van der Waals surface area contributed by atoms with Gasteiger partial charge in [-0.15, -0.1) is 0 Å². The first-order chi connectivity index (χ1) is 13.0. The zero-order chi connectivity index (χ0) is 19.4. The Hall–Kier alpha value is -2.11. The van der Waals surface area contributed by atoms with Gasteiger partial charge in [0.05, 0.1) is 27.9 Å². The van der Waals surface area contributed by atoms with Gasteiger partial charge in [0.15, 0.2) is 6.10 Å². The standard InChI is InChI=1S/C20H19Cl2FN2O2/c1-2-9-25(20(26)15-5-3-4-6-18(15)23)12-14-11-19(24-27-14)13-7-8-16(21)17(22)10-13/h3-8,10,14H,2,9,11-12H2,1H3/t14-/m1/s1. The van der Waals surface area contributed by atoms with Crippen LogP contribution in [0.2, 0.25) is 10.0 Å². The van der Waals surface area contributed by atoms with Crippen LogP contribution >= 0.6 is 23.2 Å². The molecule has 0 spiro atoms. The van der Waals surface area contributed by atoms with Gasteiger partial charge in [-0.3, -0.25) is 4.79 Å². The highest BCUT2D eigenvalue weighted by molar-refractivity contribution is 6.42. The van der Waals surface area contributed by atoms with E-state index in [9.17, 15) is 9.18 Å². The minimum atomic E-state index is -0.524. The van der Waals surface area contributed by atoms with E-state index in [0.29, 0.717) is 29.6 Å². The molecule has 1 aliphatic heterocycles. The fourth-order valence-electron chi connectivity index (χ4n) is 2.97. The van der Waals surface area contributed by atoms with E-state index in [-0.39, 0.29) is 17.6 Å². The molecule has 1 atom stereocenters. The molecular formula is C20H19Cl2FN2O2. The van der Waals surface area contributed by atoms with E-state index in [1.807, 2.05) is 13.0 Å². The van der Waals surface area contributed by atoms with Gasteiger partial charge in [-0.25, -0.2) is 4.39 Å². The molecule has 2 aromatic carbocycles. The van der Waals surface area contributed by atoms with Crippen LogP contribution in [0.25, 0.3) is 0 Å². The first-order valence-electron chi connectivity index (χ1n) is 8.71. The van der Waals surface area contributed by atoms with Crippen LogP contribution in [0.15, 0.2) is 47.6 Å². The summed E-state index contributed by atoms with van der Waals surface area (Å²) < 4.78 is 14.0. The highest BCUT2D eigenvalue weighted by Gasteiger charge is 2.28. The summed E-state index contributed by atoms with van der Waals surface area (Å²) in [5, 5.41) is 5.04. The molecule has 0 saturated carbocycles. The fourth-order valence-corrected chi connectivity index (χ4v) is 3.27. The number of rotatable bonds is 6. The third-order valence-electron chi connectivity index (χ3n) is 4.29. The Bertz CT molecular complexity index is 873. The average Bonchev–Trinajstić information content (AvgIpc) is 3.12. The third-order valence-corrected chi connectivity index (χ3v) is 5.03. The third kappa shape index (κ3) is 4.60. The molecule has 0 fully saturated rings. The van der Waals surface area contributed by atoms with E-state index < -0.39 is 5.82 Å². The smallest absolute Gasteiger partial charge is 0.256 e. The molecule has 2 aromatic rings. The minimum absolute atomic E-state index is 0.0644. The quantitative estimate of drug-likeness (QED) is 0.660. The van der Waals surface area contributed by atoms with E-state index >= 15 is 0 Å². The van der Waals surface area contributed by atoms with Crippen molar-refractivity contribution in [1.82, 2.24) is 4.90 Å².